The van der Waals surface area contributed by atoms with Crippen LogP contribution in [-0.4, -0.2) is 116 Å². The monoisotopic (exact) mass is 883 g/mol. The quantitative estimate of drug-likeness (QED) is 0.178. The summed E-state index contributed by atoms with van der Waals surface area (Å²) in [7, 11) is 3.38. The maximum atomic E-state index is 15.2. The Morgan fingerprint density at radius 3 is 2.51 bits per heavy atom. The fourth-order valence-electron chi connectivity index (χ4n) is 9.75. The molecule has 5 aliphatic rings. The second-order valence-electron chi connectivity index (χ2n) is 17.5. The number of nitrogens with one attached hydrogen (secondary N) is 3. The fraction of sp³-hybridized carbons (Fsp3) is 0.477. The van der Waals surface area contributed by atoms with Gasteiger partial charge in [-0.15, -0.1) is 0 Å². The van der Waals surface area contributed by atoms with Gasteiger partial charge in [-0.3, -0.25) is 34.1 Å². The largest absolute Gasteiger partial charge is 0.480 e. The van der Waals surface area contributed by atoms with Crippen molar-refractivity contribution in [1.82, 2.24) is 39.4 Å². The maximum Gasteiger partial charge on any atom is 0.301 e. The summed E-state index contributed by atoms with van der Waals surface area (Å²) < 4.78 is 38.9. The summed E-state index contributed by atoms with van der Waals surface area (Å²) in [5.41, 5.74) is 2.78. The molecule has 10 rings (SSSR count). The number of fused-ring (bicyclic) bond motifs is 4. The number of amides is 3. The highest BCUT2D eigenvalue weighted by molar-refractivity contribution is 6.33. The van der Waals surface area contributed by atoms with E-state index in [0.717, 1.165) is 37.9 Å². The van der Waals surface area contributed by atoms with E-state index in [-0.39, 0.29) is 41.5 Å². The van der Waals surface area contributed by atoms with Gasteiger partial charge >= 0.3 is 5.92 Å². The summed E-state index contributed by atoms with van der Waals surface area (Å²) in [6, 6.07) is 9.74. The van der Waals surface area contributed by atoms with Crippen molar-refractivity contribution in [3.63, 3.8) is 0 Å². The van der Waals surface area contributed by atoms with Crippen molar-refractivity contribution in [2.24, 2.45) is 25.9 Å². The van der Waals surface area contributed by atoms with Crippen molar-refractivity contribution in [3.8, 4) is 5.75 Å². The standard InChI is InChI=1S/C44H48ClF2N11O5/c1-54-32-10-8-26(20-30(32)35-37(42(54)62)63-23-44(46,47)38(51-35)25-6-7-25)49-39-31(45)21-48-43(52-39)58-18-16-56(17-19-58)22-24-12-14-57(15-13-24)41(61)29-5-3-4-27-34(53-55(2)36(27)29)28-9-11-33(59)50-40(28)60/h3-5,8,10,20-21,24-25,28,38,51H,6-7,9,11-19,22-23H2,1-2H3,(H,48,49,52)(H,50,59,60)/t28?,38-/m0/s1. The van der Waals surface area contributed by atoms with Crippen molar-refractivity contribution in [1.29, 1.82) is 0 Å². The van der Waals surface area contributed by atoms with Crippen LogP contribution in [0, 0.1) is 11.8 Å². The molecule has 0 spiro atoms. The van der Waals surface area contributed by atoms with Crippen LogP contribution < -0.4 is 31.1 Å². The molecule has 2 atom stereocenters. The number of aromatic nitrogens is 5. The third kappa shape index (κ3) is 7.70. The summed E-state index contributed by atoms with van der Waals surface area (Å²) in [6.45, 7) is 4.40. The van der Waals surface area contributed by atoms with Crippen LogP contribution >= 0.6 is 11.6 Å². The molecule has 4 fully saturated rings. The molecule has 3 amide bonds. The number of ether oxygens (including phenoxy) is 1. The molecule has 7 heterocycles. The van der Waals surface area contributed by atoms with Gasteiger partial charge in [-0.2, -0.15) is 10.1 Å². The molecule has 3 N–H and O–H groups in total. The lowest BCUT2D eigenvalue weighted by molar-refractivity contribution is -0.134. The fourth-order valence-corrected chi connectivity index (χ4v) is 9.89. The number of piperazine rings is 1. The number of benzene rings is 2. The first kappa shape index (κ1) is 41.1. The predicted octanol–water partition coefficient (Wildman–Crippen LogP) is 5.03. The van der Waals surface area contributed by atoms with Gasteiger partial charge in [0, 0.05) is 82.8 Å². The van der Waals surface area contributed by atoms with Crippen molar-refractivity contribution >= 4 is 74.3 Å². The van der Waals surface area contributed by atoms with Crippen LogP contribution in [0.3, 0.4) is 0 Å². The molecule has 5 aromatic rings. The molecule has 0 radical (unpaired) electrons. The number of para-hydroxylation sites is 1. The summed E-state index contributed by atoms with van der Waals surface area (Å²) in [5, 5.41) is 15.0. The van der Waals surface area contributed by atoms with Crippen LogP contribution in [0.25, 0.3) is 21.8 Å². The number of carbonyl (C=O) groups is 3. The normalized spacial score (nSPS) is 22.0. The Morgan fingerprint density at radius 2 is 1.76 bits per heavy atom. The van der Waals surface area contributed by atoms with E-state index in [1.807, 2.05) is 23.1 Å². The van der Waals surface area contributed by atoms with Gasteiger partial charge < -0.3 is 29.7 Å². The minimum atomic E-state index is -3.14. The zero-order valence-electron chi connectivity index (χ0n) is 35.0. The number of pyridine rings is 1. The van der Waals surface area contributed by atoms with Gasteiger partial charge in [0.05, 0.1) is 46.1 Å². The third-order valence-corrected chi connectivity index (χ3v) is 13.6. The van der Waals surface area contributed by atoms with Crippen molar-refractivity contribution in [2.75, 3.05) is 68.0 Å². The SMILES string of the molecule is Cn1nc(C2CCC(=O)NC2=O)c2cccc(C(=O)N3CCC(CN4CCN(c5ncc(Cl)c(Nc6ccc7c(c6)c6c(c(=O)n7C)OCC(F)(F)[C@H](C7CC7)N6)n5)CC4)CC3)c21. The molecule has 0 bridgehead atoms. The first-order valence-corrected chi connectivity index (χ1v) is 22.0. The molecule has 330 valence electrons. The van der Waals surface area contributed by atoms with E-state index in [2.05, 4.69) is 35.8 Å². The van der Waals surface area contributed by atoms with Crippen LogP contribution in [0.15, 0.2) is 47.4 Å². The minimum Gasteiger partial charge on any atom is -0.480 e. The Kier molecular flexibility index (Phi) is 10.5. The molecule has 2 aromatic carbocycles. The number of nitrogens with zero attached hydrogens (tertiary/aromatic N) is 8. The number of alkyl halides is 2. The highest BCUT2D eigenvalue weighted by atomic mass is 35.5. The summed E-state index contributed by atoms with van der Waals surface area (Å²) in [6.07, 6.45) is 5.35. The molecule has 3 saturated heterocycles. The van der Waals surface area contributed by atoms with E-state index in [4.69, 9.17) is 21.3 Å². The number of hydrogen-bond donors (Lipinski definition) is 3. The van der Waals surface area contributed by atoms with E-state index in [1.54, 1.807) is 43.2 Å². The van der Waals surface area contributed by atoms with Crippen molar-refractivity contribution in [2.45, 2.75) is 56.4 Å². The third-order valence-electron chi connectivity index (χ3n) is 13.4. The molecule has 1 saturated carbocycles. The average molecular weight is 884 g/mol. The highest BCUT2D eigenvalue weighted by Crippen LogP contribution is 2.46. The number of likely N-dealkylation sites (tertiary alicyclic amines) is 1. The first-order chi connectivity index (χ1) is 30.3. The lowest BCUT2D eigenvalue weighted by atomic mass is 9.92. The lowest BCUT2D eigenvalue weighted by Crippen LogP contribution is -2.49. The molecule has 1 aliphatic carbocycles. The maximum absolute atomic E-state index is 15.2. The number of aryl methyl sites for hydroxylation is 2. The van der Waals surface area contributed by atoms with Crippen molar-refractivity contribution in [3.05, 3.63) is 69.2 Å². The molecule has 16 nitrogen and oxygen atoms in total. The Labute approximate surface area is 365 Å². The Hall–Kier alpha value is -5.88. The number of halogens is 3. The lowest BCUT2D eigenvalue weighted by Gasteiger charge is -2.39. The van der Waals surface area contributed by atoms with Crippen molar-refractivity contribution < 1.29 is 27.9 Å². The zero-order valence-corrected chi connectivity index (χ0v) is 35.8. The Bertz CT molecular complexity index is 2720. The van der Waals surface area contributed by atoms with E-state index in [0.29, 0.717) is 102 Å². The predicted molar refractivity (Wildman–Crippen MR) is 233 cm³/mol. The summed E-state index contributed by atoms with van der Waals surface area (Å²) in [4.78, 5) is 67.5. The molecule has 3 aromatic heterocycles. The number of rotatable bonds is 8. The van der Waals surface area contributed by atoms with Crippen LogP contribution in [0.1, 0.15) is 60.5 Å². The van der Waals surface area contributed by atoms with Crippen LogP contribution in [-0.2, 0) is 23.7 Å². The average Bonchev–Trinajstić information content (AvgIpc) is 4.08. The topological polar surface area (TPSA) is 172 Å². The summed E-state index contributed by atoms with van der Waals surface area (Å²) >= 11 is 6.62. The van der Waals surface area contributed by atoms with Gasteiger partial charge in [0.2, 0.25) is 23.5 Å². The number of anilines is 4. The van der Waals surface area contributed by atoms with Gasteiger partial charge in [-0.1, -0.05) is 23.7 Å². The second kappa shape index (κ2) is 16.0. The Balaban J connectivity index is 0.764. The van der Waals surface area contributed by atoms with Gasteiger partial charge in [0.25, 0.3) is 11.5 Å². The van der Waals surface area contributed by atoms with E-state index < -0.39 is 30.0 Å². The number of carbonyl (C=O) groups excluding carboxylic acids is 3. The number of hydrogen-bond acceptors (Lipinski definition) is 12. The van der Waals surface area contributed by atoms with Gasteiger partial charge in [-0.25, -0.2) is 13.8 Å². The molecule has 1 unspecified atom stereocenters. The smallest absolute Gasteiger partial charge is 0.301 e. The van der Waals surface area contributed by atoms with Gasteiger partial charge in [0.15, 0.2) is 12.4 Å². The molecule has 63 heavy (non-hydrogen) atoms. The second-order valence-corrected chi connectivity index (χ2v) is 17.9. The van der Waals surface area contributed by atoms with Crippen LogP contribution in [0.4, 0.5) is 31.9 Å². The number of imide groups is 1. The van der Waals surface area contributed by atoms with E-state index in [9.17, 15) is 19.2 Å². The minimum absolute atomic E-state index is 0.0508. The number of piperidine rings is 2. The zero-order chi connectivity index (χ0) is 43.7. The van der Waals surface area contributed by atoms with Crippen LogP contribution in [0.5, 0.6) is 5.75 Å². The Morgan fingerprint density at radius 1 is 0.984 bits per heavy atom. The highest BCUT2D eigenvalue weighted by Gasteiger charge is 2.51. The van der Waals surface area contributed by atoms with Gasteiger partial charge in [-0.05, 0) is 68.2 Å². The van der Waals surface area contributed by atoms with Crippen LogP contribution in [0.2, 0.25) is 5.02 Å². The van der Waals surface area contributed by atoms with Gasteiger partial charge in [0.1, 0.15) is 5.02 Å². The molecule has 4 aliphatic heterocycles. The molecule has 19 heteroatoms. The molecular weight excluding hydrogens is 836 g/mol. The molecular formula is C44H48ClF2N11O5. The van der Waals surface area contributed by atoms with E-state index >= 15 is 8.78 Å². The first-order valence-electron chi connectivity index (χ1n) is 21.6. The van der Waals surface area contributed by atoms with E-state index in [1.165, 1.54) is 4.57 Å². The summed E-state index contributed by atoms with van der Waals surface area (Å²) in [5.74, 6) is -3.33.